The number of rotatable bonds is 5. The second-order valence-electron chi connectivity index (χ2n) is 7.01. The van der Waals surface area contributed by atoms with E-state index in [-0.39, 0.29) is 25.9 Å². The third-order valence-electron chi connectivity index (χ3n) is 2.86. The first-order valence-corrected chi connectivity index (χ1v) is 10.9. The summed E-state index contributed by atoms with van der Waals surface area (Å²) in [4.78, 5) is 24.5. The zero-order valence-corrected chi connectivity index (χ0v) is 18.3. The molecular weight excluding hydrogens is 421 g/mol. The minimum atomic E-state index is -3.59. The molecule has 0 aliphatic carbocycles. The van der Waals surface area contributed by atoms with E-state index >= 15 is 0 Å². The van der Waals surface area contributed by atoms with Gasteiger partial charge < -0.3 is 10.1 Å². The van der Waals surface area contributed by atoms with E-state index in [4.69, 9.17) is 33.1 Å². The molecule has 0 saturated heterocycles. The van der Waals surface area contributed by atoms with Crippen LogP contribution in [0.2, 0.25) is 8.67 Å². The molecule has 2 amide bonds. The fourth-order valence-corrected chi connectivity index (χ4v) is 5.15. The van der Waals surface area contributed by atoms with Gasteiger partial charge in [-0.3, -0.25) is 4.79 Å². The molecular formula is C15H23Cl2N3O4S2. The Kier molecular flexibility index (Phi) is 7.91. The van der Waals surface area contributed by atoms with Gasteiger partial charge in [0.1, 0.15) is 25.9 Å². The predicted molar refractivity (Wildman–Crippen MR) is 105 cm³/mol. The number of carbonyl (C=O) groups is 2. The molecule has 0 radical (unpaired) electrons. The van der Waals surface area contributed by atoms with Gasteiger partial charge in [0.2, 0.25) is 0 Å². The number of nitrogens with one attached hydrogen (secondary N) is 1. The first kappa shape index (κ1) is 23.2. The Balaban J connectivity index is 3.10. The van der Waals surface area contributed by atoms with Crippen molar-refractivity contribution in [2.75, 3.05) is 0 Å². The lowest BCUT2D eigenvalue weighted by Crippen LogP contribution is -2.44. The number of nitrogens with two attached hydrogens (primary N) is 1. The van der Waals surface area contributed by atoms with Crippen LogP contribution in [0.5, 0.6) is 0 Å². The third-order valence-corrected chi connectivity index (χ3v) is 5.99. The van der Waals surface area contributed by atoms with Gasteiger partial charge in [-0.15, -0.1) is 15.7 Å². The van der Waals surface area contributed by atoms with Gasteiger partial charge in [0.25, 0.3) is 5.91 Å². The molecule has 0 aromatic carbocycles. The molecule has 0 bridgehead atoms. The number of carbonyl (C=O) groups excluding carboxylic acids is 2. The first-order valence-electron chi connectivity index (χ1n) is 7.74. The molecule has 0 aliphatic rings. The van der Waals surface area contributed by atoms with E-state index in [9.17, 15) is 13.8 Å². The van der Waals surface area contributed by atoms with Gasteiger partial charge in [-0.2, -0.15) is 0 Å². The minimum absolute atomic E-state index is 0.0110. The highest BCUT2D eigenvalue weighted by atomic mass is 35.5. The van der Waals surface area contributed by atoms with Crippen LogP contribution in [0.15, 0.2) is 15.3 Å². The second kappa shape index (κ2) is 8.88. The molecule has 11 heteroatoms. The molecule has 0 spiro atoms. The van der Waals surface area contributed by atoms with Crippen LogP contribution in [-0.2, 0) is 19.4 Å². The van der Waals surface area contributed by atoms with Crippen molar-refractivity contribution in [2.45, 2.75) is 57.6 Å². The summed E-state index contributed by atoms with van der Waals surface area (Å²) in [5, 5.41) is 8.17. The first-order chi connectivity index (χ1) is 11.7. The topological polar surface area (TPSA) is 111 Å². The van der Waals surface area contributed by atoms with Crippen molar-refractivity contribution in [2.24, 2.45) is 15.4 Å². The van der Waals surface area contributed by atoms with Crippen LogP contribution in [-0.4, -0.2) is 27.9 Å². The smallest absolute Gasteiger partial charge is 0.408 e. The molecule has 1 aromatic heterocycles. The third kappa shape index (κ3) is 7.40. The van der Waals surface area contributed by atoms with Crippen molar-refractivity contribution in [1.29, 1.82) is 0 Å². The summed E-state index contributed by atoms with van der Waals surface area (Å²) >= 11 is 12.7. The van der Waals surface area contributed by atoms with E-state index in [0.717, 1.165) is 11.3 Å². The minimum Gasteiger partial charge on any atom is -0.444 e. The summed E-state index contributed by atoms with van der Waals surface area (Å²) in [6.07, 6.45) is -0.498. The molecule has 7 nitrogen and oxygen atoms in total. The summed E-state index contributed by atoms with van der Waals surface area (Å²) in [6.45, 7) is 8.83. The highest BCUT2D eigenvalue weighted by Gasteiger charge is 2.27. The molecule has 2 atom stereocenters. The van der Waals surface area contributed by atoms with Crippen molar-refractivity contribution in [3.8, 4) is 0 Å². The van der Waals surface area contributed by atoms with Gasteiger partial charge in [0, 0.05) is 0 Å². The van der Waals surface area contributed by atoms with E-state index in [1.165, 1.54) is 6.07 Å². The van der Waals surface area contributed by atoms with Crippen LogP contribution in [0.25, 0.3) is 0 Å². The number of amides is 2. The van der Waals surface area contributed by atoms with E-state index < -0.39 is 33.6 Å². The average molecular weight is 444 g/mol. The van der Waals surface area contributed by atoms with Crippen molar-refractivity contribution < 1.29 is 18.5 Å². The van der Waals surface area contributed by atoms with Crippen molar-refractivity contribution in [3.63, 3.8) is 0 Å². The molecule has 0 aliphatic heterocycles. The summed E-state index contributed by atoms with van der Waals surface area (Å²) < 4.78 is 21.8. The van der Waals surface area contributed by atoms with E-state index in [1.54, 1.807) is 20.8 Å². The summed E-state index contributed by atoms with van der Waals surface area (Å²) in [5.41, 5.74) is -0.727. The molecule has 1 aromatic rings. The summed E-state index contributed by atoms with van der Waals surface area (Å²) in [7, 11) is -3.59. The number of nitrogens with zero attached hydrogens (tertiary/aromatic N) is 1. The van der Waals surface area contributed by atoms with Crippen LogP contribution >= 0.6 is 34.5 Å². The Bertz CT molecular complexity index is 793. The lowest BCUT2D eigenvalue weighted by molar-refractivity contribution is -0.120. The van der Waals surface area contributed by atoms with Crippen LogP contribution < -0.4 is 10.5 Å². The Labute approximate surface area is 167 Å². The van der Waals surface area contributed by atoms with Crippen molar-refractivity contribution in [3.05, 3.63) is 14.7 Å². The molecule has 0 fully saturated rings. The highest BCUT2D eigenvalue weighted by molar-refractivity contribution is 7.92. The van der Waals surface area contributed by atoms with Gasteiger partial charge in [-0.25, -0.2) is 14.1 Å². The van der Waals surface area contributed by atoms with Crippen LogP contribution in [0.1, 0.15) is 41.0 Å². The lowest BCUT2D eigenvalue weighted by Gasteiger charge is -2.23. The number of hydrogen-bond acceptors (Lipinski definition) is 5. The van der Waals surface area contributed by atoms with Gasteiger partial charge in [0.15, 0.2) is 0 Å². The number of ether oxygens (including phenoxy) is 1. The number of alkyl carbamates (subject to hydrolysis) is 1. The number of thiophene rings is 1. The van der Waals surface area contributed by atoms with Crippen LogP contribution in [0.3, 0.4) is 0 Å². The average Bonchev–Trinajstić information content (AvgIpc) is 2.74. The zero-order chi connectivity index (χ0) is 20.3. The number of hydrogen-bond donors (Lipinski definition) is 2. The normalized spacial score (nSPS) is 15.3. The van der Waals surface area contributed by atoms with Gasteiger partial charge in [0.05, 0.1) is 9.23 Å². The van der Waals surface area contributed by atoms with E-state index in [1.807, 2.05) is 13.8 Å². The monoisotopic (exact) mass is 443 g/mol. The van der Waals surface area contributed by atoms with E-state index in [2.05, 4.69) is 9.68 Å². The maximum atomic E-state index is 12.6. The van der Waals surface area contributed by atoms with Gasteiger partial charge in [-0.1, -0.05) is 37.0 Å². The Morgan fingerprint density at radius 3 is 2.38 bits per heavy atom. The van der Waals surface area contributed by atoms with Crippen LogP contribution in [0, 0.1) is 5.92 Å². The molecule has 148 valence electrons. The maximum absolute atomic E-state index is 12.6. The Hall–Kier alpha value is -0.870. The molecule has 1 rings (SSSR count). The zero-order valence-electron chi connectivity index (χ0n) is 15.2. The molecule has 26 heavy (non-hydrogen) atoms. The highest BCUT2D eigenvalue weighted by Crippen LogP contribution is 2.34. The van der Waals surface area contributed by atoms with Crippen LogP contribution in [0.4, 0.5) is 4.79 Å². The van der Waals surface area contributed by atoms with Gasteiger partial charge >= 0.3 is 6.09 Å². The standard InChI is InChI=1S/C15H23Cl2N3O4S2/c1-8(2)6-9(19-14(22)24-15(3,4)5)13(21)20-26(18,23)10-7-11(16)25-12(10)17/h7-9H,6H2,1-5H3,(H,19,22)(H2,18,20,21,23)/t9-,26?/m0/s1. The fourth-order valence-electron chi connectivity index (χ4n) is 1.91. The fraction of sp³-hybridized carbons (Fsp3) is 0.600. The number of halogens is 2. The lowest BCUT2D eigenvalue weighted by atomic mass is 10.0. The Morgan fingerprint density at radius 1 is 1.38 bits per heavy atom. The second-order valence-corrected chi connectivity index (χ2v) is 11.1. The largest absolute Gasteiger partial charge is 0.444 e. The maximum Gasteiger partial charge on any atom is 0.408 e. The quantitative estimate of drug-likeness (QED) is 0.708. The Morgan fingerprint density at radius 2 is 1.96 bits per heavy atom. The predicted octanol–water partition coefficient (Wildman–Crippen LogP) is 4.22. The summed E-state index contributed by atoms with van der Waals surface area (Å²) in [5.74, 6) is -0.766. The molecule has 1 unspecified atom stereocenters. The summed E-state index contributed by atoms with van der Waals surface area (Å²) in [6, 6.07) is 0.286. The molecule has 0 saturated carbocycles. The van der Waals surface area contributed by atoms with Crippen molar-refractivity contribution >= 4 is 56.5 Å². The van der Waals surface area contributed by atoms with Gasteiger partial charge in [-0.05, 0) is 39.2 Å². The van der Waals surface area contributed by atoms with E-state index in [0.29, 0.717) is 0 Å². The molecule has 3 N–H and O–H groups in total. The van der Waals surface area contributed by atoms with Crippen molar-refractivity contribution in [1.82, 2.24) is 5.32 Å². The SMILES string of the molecule is CC(C)C[C@H](NC(=O)OC(C)(C)C)C(=O)N=S(N)(=O)c1cc(Cl)sc1Cl. The molecule has 1 heterocycles.